The molecule has 2 heterocycles. The van der Waals surface area contributed by atoms with Crippen LogP contribution in [0.4, 0.5) is 0 Å². The number of pyridine rings is 1. The number of aliphatic hydroxyl groups excluding tert-OH is 1. The molecule has 1 N–H and O–H groups in total. The van der Waals surface area contributed by atoms with Gasteiger partial charge in [0.05, 0.1) is 18.2 Å². The van der Waals surface area contributed by atoms with Gasteiger partial charge >= 0.3 is 0 Å². The van der Waals surface area contributed by atoms with Gasteiger partial charge in [-0.05, 0) is 23.8 Å². The van der Waals surface area contributed by atoms with Crippen LogP contribution in [0.5, 0.6) is 0 Å². The average molecular weight is 261 g/mol. The summed E-state index contributed by atoms with van der Waals surface area (Å²) < 4.78 is 5.62. The number of rotatable bonds is 2. The maximum Gasteiger partial charge on any atom is 0.106 e. The number of hydrogen-bond donors (Lipinski definition) is 1. The van der Waals surface area contributed by atoms with E-state index in [0.717, 1.165) is 34.6 Å². The lowest BCUT2D eigenvalue weighted by atomic mass is 10.0. The van der Waals surface area contributed by atoms with E-state index in [0.29, 0.717) is 0 Å². The Balaban J connectivity index is 1.88. The van der Waals surface area contributed by atoms with E-state index in [2.05, 4.69) is 4.98 Å². The molecule has 1 aliphatic rings. The van der Waals surface area contributed by atoms with E-state index in [1.807, 2.05) is 42.1 Å². The minimum absolute atomic E-state index is 0.0992. The number of ether oxygens (including phenoxy) is 1. The molecule has 0 bridgehead atoms. The van der Waals surface area contributed by atoms with Gasteiger partial charge in [0, 0.05) is 23.1 Å². The Bertz CT molecular complexity index is 540. The summed E-state index contributed by atoms with van der Waals surface area (Å²) in [5.74, 6) is 1.87. The summed E-state index contributed by atoms with van der Waals surface area (Å²) in [6.07, 6.45) is 1.12. The lowest BCUT2D eigenvalue weighted by Crippen LogP contribution is -2.29. The van der Waals surface area contributed by atoms with E-state index in [-0.39, 0.29) is 6.10 Å². The zero-order valence-electron chi connectivity index (χ0n) is 9.95. The van der Waals surface area contributed by atoms with Crippen molar-refractivity contribution in [1.82, 2.24) is 4.98 Å². The first-order valence-corrected chi connectivity index (χ1v) is 7.22. The monoisotopic (exact) mass is 261 g/mol. The van der Waals surface area contributed by atoms with Crippen LogP contribution in [0, 0.1) is 0 Å². The van der Waals surface area contributed by atoms with Crippen LogP contribution in [0.1, 0.15) is 11.7 Å². The zero-order valence-corrected chi connectivity index (χ0v) is 10.8. The van der Waals surface area contributed by atoms with Crippen molar-refractivity contribution in [2.24, 2.45) is 0 Å². The molecular formula is C14H15NO2S. The van der Waals surface area contributed by atoms with E-state index in [1.165, 1.54) is 0 Å². The molecular weight excluding hydrogens is 246 g/mol. The van der Waals surface area contributed by atoms with Gasteiger partial charge in [0.2, 0.25) is 0 Å². The number of hydrogen-bond acceptors (Lipinski definition) is 4. The summed E-state index contributed by atoms with van der Waals surface area (Å²) in [7, 11) is 0. The van der Waals surface area contributed by atoms with Crippen molar-refractivity contribution in [3.05, 3.63) is 42.1 Å². The smallest absolute Gasteiger partial charge is 0.106 e. The molecule has 2 aromatic rings. The number of benzene rings is 1. The third-order valence-electron chi connectivity index (χ3n) is 3.16. The van der Waals surface area contributed by atoms with Crippen molar-refractivity contribution in [1.29, 1.82) is 0 Å². The first-order valence-electron chi connectivity index (χ1n) is 6.07. The van der Waals surface area contributed by atoms with Gasteiger partial charge in [0.25, 0.3) is 0 Å². The normalized spacial score (nSPS) is 21.9. The Kier molecular flexibility index (Phi) is 3.50. The Morgan fingerprint density at radius 1 is 1.39 bits per heavy atom. The zero-order chi connectivity index (χ0) is 12.4. The molecule has 1 aliphatic heterocycles. The fourth-order valence-electron chi connectivity index (χ4n) is 2.18. The highest BCUT2D eigenvalue weighted by atomic mass is 32.2. The molecule has 3 nitrogen and oxygen atoms in total. The van der Waals surface area contributed by atoms with E-state index < -0.39 is 6.10 Å². The van der Waals surface area contributed by atoms with Crippen LogP contribution in [0.2, 0.25) is 0 Å². The fraction of sp³-hybridized carbons (Fsp3) is 0.357. The summed E-state index contributed by atoms with van der Waals surface area (Å²) in [6, 6.07) is 9.79. The number of nitrogens with zero attached hydrogens (tertiary/aromatic N) is 1. The van der Waals surface area contributed by atoms with Gasteiger partial charge in [-0.1, -0.05) is 12.1 Å². The molecule has 2 atom stereocenters. The van der Waals surface area contributed by atoms with Gasteiger partial charge in [-0.2, -0.15) is 11.8 Å². The molecule has 94 valence electrons. The quantitative estimate of drug-likeness (QED) is 0.901. The molecule has 1 aromatic carbocycles. The van der Waals surface area contributed by atoms with Crippen molar-refractivity contribution in [3.8, 4) is 0 Å². The van der Waals surface area contributed by atoms with Gasteiger partial charge in [-0.15, -0.1) is 0 Å². The molecule has 0 spiro atoms. The minimum atomic E-state index is -0.553. The number of aliphatic hydroxyl groups is 1. The summed E-state index contributed by atoms with van der Waals surface area (Å²) in [6.45, 7) is 0.724. The van der Waals surface area contributed by atoms with Crippen molar-refractivity contribution < 1.29 is 9.84 Å². The summed E-state index contributed by atoms with van der Waals surface area (Å²) in [5.41, 5.74) is 1.86. The second-order valence-corrected chi connectivity index (χ2v) is 5.53. The van der Waals surface area contributed by atoms with Gasteiger partial charge in [-0.25, -0.2) is 0 Å². The molecule has 0 amide bonds. The Hall–Kier alpha value is -1.10. The molecule has 1 saturated heterocycles. The summed E-state index contributed by atoms with van der Waals surface area (Å²) >= 11 is 1.83. The average Bonchev–Trinajstić information content (AvgIpc) is 2.47. The predicted molar refractivity (Wildman–Crippen MR) is 73.8 cm³/mol. The van der Waals surface area contributed by atoms with E-state index in [4.69, 9.17) is 4.74 Å². The van der Waals surface area contributed by atoms with E-state index in [9.17, 15) is 5.11 Å². The van der Waals surface area contributed by atoms with Crippen LogP contribution < -0.4 is 0 Å². The minimum Gasteiger partial charge on any atom is -0.386 e. The Labute approximate surface area is 110 Å². The van der Waals surface area contributed by atoms with Crippen LogP contribution in [0.3, 0.4) is 0 Å². The van der Waals surface area contributed by atoms with Crippen LogP contribution >= 0.6 is 11.8 Å². The molecule has 18 heavy (non-hydrogen) atoms. The van der Waals surface area contributed by atoms with Crippen molar-refractivity contribution in [3.63, 3.8) is 0 Å². The third kappa shape index (κ3) is 2.36. The number of thioether (sulfide) groups is 1. The van der Waals surface area contributed by atoms with Crippen molar-refractivity contribution in [2.45, 2.75) is 12.2 Å². The standard InChI is InChI=1S/C14H15NO2S/c16-14(13-9-18-7-6-17-13)11-3-4-12-10(8-11)2-1-5-15-12/h1-5,8,13-14,16H,6-7,9H2. The Morgan fingerprint density at radius 3 is 3.17 bits per heavy atom. The van der Waals surface area contributed by atoms with Crippen LogP contribution in [0.15, 0.2) is 36.5 Å². The molecule has 1 aromatic heterocycles. The second kappa shape index (κ2) is 5.26. The molecule has 0 aliphatic carbocycles. The molecule has 0 saturated carbocycles. The summed E-state index contributed by atoms with van der Waals surface area (Å²) in [4.78, 5) is 4.28. The highest BCUT2D eigenvalue weighted by molar-refractivity contribution is 7.99. The SMILES string of the molecule is OC(c1ccc2ncccc2c1)C1CSCCO1. The largest absolute Gasteiger partial charge is 0.386 e. The predicted octanol–water partition coefficient (Wildman–Crippen LogP) is 2.40. The van der Waals surface area contributed by atoms with Gasteiger partial charge in [-0.3, -0.25) is 4.98 Å². The first-order chi connectivity index (χ1) is 8.84. The van der Waals surface area contributed by atoms with E-state index >= 15 is 0 Å². The van der Waals surface area contributed by atoms with Crippen molar-refractivity contribution >= 4 is 22.7 Å². The highest BCUT2D eigenvalue weighted by Crippen LogP contribution is 2.27. The number of fused-ring (bicyclic) bond motifs is 1. The van der Waals surface area contributed by atoms with Gasteiger partial charge in [0.15, 0.2) is 0 Å². The molecule has 0 radical (unpaired) electrons. The summed E-state index contributed by atoms with van der Waals surface area (Å²) in [5, 5.41) is 11.4. The Morgan fingerprint density at radius 2 is 2.33 bits per heavy atom. The van der Waals surface area contributed by atoms with Gasteiger partial charge in [0.1, 0.15) is 6.10 Å². The van der Waals surface area contributed by atoms with Crippen LogP contribution in [0.25, 0.3) is 10.9 Å². The van der Waals surface area contributed by atoms with E-state index in [1.54, 1.807) is 6.20 Å². The highest BCUT2D eigenvalue weighted by Gasteiger charge is 2.24. The number of aromatic nitrogens is 1. The maximum atomic E-state index is 10.3. The molecule has 1 fully saturated rings. The molecule has 4 heteroatoms. The van der Waals surface area contributed by atoms with Crippen LogP contribution in [-0.4, -0.2) is 34.3 Å². The van der Waals surface area contributed by atoms with Crippen molar-refractivity contribution in [2.75, 3.05) is 18.1 Å². The van der Waals surface area contributed by atoms with Gasteiger partial charge < -0.3 is 9.84 Å². The molecule has 3 rings (SSSR count). The molecule has 2 unspecified atom stereocenters. The first kappa shape index (κ1) is 12.0. The lowest BCUT2D eigenvalue weighted by molar-refractivity contribution is -0.0226. The maximum absolute atomic E-state index is 10.3. The second-order valence-electron chi connectivity index (χ2n) is 4.38. The topological polar surface area (TPSA) is 42.4 Å². The lowest BCUT2D eigenvalue weighted by Gasteiger charge is -2.27. The fourth-order valence-corrected chi connectivity index (χ4v) is 3.07. The van der Waals surface area contributed by atoms with Crippen LogP contribution in [-0.2, 0) is 4.74 Å². The third-order valence-corrected chi connectivity index (χ3v) is 4.18.